The summed E-state index contributed by atoms with van der Waals surface area (Å²) in [4.78, 5) is 22.8. The molecule has 1 unspecified atom stereocenters. The molecule has 1 amide bonds. The maximum Gasteiger partial charge on any atom is 0.365 e. The summed E-state index contributed by atoms with van der Waals surface area (Å²) in [6.45, 7) is 1.44. The first-order valence-electron chi connectivity index (χ1n) is 6.98. The number of aromatic nitrogens is 1. The normalized spacial score (nSPS) is 18.5. The van der Waals surface area contributed by atoms with Crippen molar-refractivity contribution in [2.75, 3.05) is 0 Å². The van der Waals surface area contributed by atoms with E-state index in [9.17, 15) is 14.9 Å². The molecule has 120 valence electrons. The first-order chi connectivity index (χ1) is 11.5. The van der Waals surface area contributed by atoms with Gasteiger partial charge < -0.3 is 9.84 Å². The summed E-state index contributed by atoms with van der Waals surface area (Å²) in [6.07, 6.45) is 2.87. The fourth-order valence-electron chi connectivity index (χ4n) is 2.22. The lowest BCUT2D eigenvalue weighted by Crippen LogP contribution is -2.22. The van der Waals surface area contributed by atoms with Crippen molar-refractivity contribution in [1.29, 1.82) is 5.26 Å². The van der Waals surface area contributed by atoms with Gasteiger partial charge in [0.1, 0.15) is 12.7 Å². The Morgan fingerprint density at radius 1 is 1.42 bits per heavy atom. The Balaban J connectivity index is 1.88. The first-order valence-corrected chi connectivity index (χ1v) is 6.98. The predicted octanol–water partition coefficient (Wildman–Crippen LogP) is 1.37. The predicted molar refractivity (Wildman–Crippen MR) is 82.9 cm³/mol. The summed E-state index contributed by atoms with van der Waals surface area (Å²) >= 11 is 0. The Bertz CT molecular complexity index is 917. The molecule has 9 heteroatoms. The number of nitrogens with one attached hydrogen (secondary N) is 1. The van der Waals surface area contributed by atoms with Gasteiger partial charge in [-0.15, -0.1) is 10.2 Å². The van der Waals surface area contributed by atoms with Gasteiger partial charge >= 0.3 is 5.63 Å². The van der Waals surface area contributed by atoms with Crippen molar-refractivity contribution in [3.63, 3.8) is 0 Å². The minimum Gasteiger partial charge on any atom is -0.336 e. The molecule has 0 radical (unpaired) electrons. The third-order valence-electron chi connectivity index (χ3n) is 3.48. The maximum atomic E-state index is 11.9. The van der Waals surface area contributed by atoms with Crippen LogP contribution in [0.1, 0.15) is 12.5 Å². The molecule has 1 aromatic carbocycles. The summed E-state index contributed by atoms with van der Waals surface area (Å²) in [6, 6.07) is 8.79. The number of amides is 1. The van der Waals surface area contributed by atoms with E-state index in [-0.39, 0.29) is 12.6 Å². The Labute approximate surface area is 135 Å². The van der Waals surface area contributed by atoms with Gasteiger partial charge in [0.15, 0.2) is 0 Å². The van der Waals surface area contributed by atoms with Crippen LogP contribution in [-0.4, -0.2) is 16.9 Å². The van der Waals surface area contributed by atoms with Gasteiger partial charge in [-0.2, -0.15) is 10.0 Å². The van der Waals surface area contributed by atoms with Crippen molar-refractivity contribution >= 4 is 12.1 Å². The van der Waals surface area contributed by atoms with Crippen LogP contribution in [0.4, 0.5) is 0 Å². The average Bonchev–Trinajstić information content (AvgIpc) is 3.20. The highest BCUT2D eigenvalue weighted by molar-refractivity contribution is 5.79. The van der Waals surface area contributed by atoms with E-state index < -0.39 is 11.2 Å². The molecule has 0 fully saturated rings. The van der Waals surface area contributed by atoms with Crippen molar-refractivity contribution in [1.82, 2.24) is 10.1 Å². The van der Waals surface area contributed by atoms with E-state index in [0.717, 1.165) is 0 Å². The zero-order chi connectivity index (χ0) is 17.2. The second-order valence-electron chi connectivity index (χ2n) is 5.12. The molecule has 1 aromatic heterocycles. The number of rotatable bonds is 4. The number of carbonyl (C=O) groups excluding carboxylic acids is 1. The smallest absolute Gasteiger partial charge is 0.336 e. The van der Waals surface area contributed by atoms with E-state index >= 15 is 0 Å². The highest BCUT2D eigenvalue weighted by Gasteiger charge is 2.33. The SMILES string of the molecule is CC(=O)NCn1cc(-c2ccc(C3(C#N)C=NN=N3)cc2)c(=O)o1. The monoisotopic (exact) mass is 324 g/mol. The molecule has 1 aliphatic rings. The van der Waals surface area contributed by atoms with Crippen molar-refractivity contribution in [3.8, 4) is 17.2 Å². The third kappa shape index (κ3) is 2.72. The van der Waals surface area contributed by atoms with Gasteiger partial charge in [0.2, 0.25) is 11.4 Å². The van der Waals surface area contributed by atoms with E-state index in [1.165, 1.54) is 24.1 Å². The summed E-state index contributed by atoms with van der Waals surface area (Å²) < 4.78 is 6.27. The second-order valence-corrected chi connectivity index (χ2v) is 5.12. The van der Waals surface area contributed by atoms with Gasteiger partial charge in [0.05, 0.1) is 18.0 Å². The highest BCUT2D eigenvalue weighted by atomic mass is 16.5. The quantitative estimate of drug-likeness (QED) is 0.911. The number of benzene rings is 1. The summed E-state index contributed by atoms with van der Waals surface area (Å²) in [5.74, 6) is -0.230. The summed E-state index contributed by atoms with van der Waals surface area (Å²) in [5, 5.41) is 22.8. The standard InChI is InChI=1S/C15H12N6O3/c1-10(22)17-9-21-6-13(14(23)24-21)11-2-4-12(5-3-11)15(7-16)8-18-20-19-15/h2-6,8H,9H2,1H3,(H,17,22). The van der Waals surface area contributed by atoms with Gasteiger partial charge in [0, 0.05) is 12.5 Å². The molecule has 24 heavy (non-hydrogen) atoms. The highest BCUT2D eigenvalue weighted by Crippen LogP contribution is 2.28. The lowest BCUT2D eigenvalue weighted by molar-refractivity contribution is -0.119. The van der Waals surface area contributed by atoms with E-state index in [1.54, 1.807) is 24.3 Å². The largest absolute Gasteiger partial charge is 0.365 e. The van der Waals surface area contributed by atoms with Crippen LogP contribution in [0.15, 0.2) is 55.2 Å². The van der Waals surface area contributed by atoms with Crippen LogP contribution in [0.3, 0.4) is 0 Å². The lowest BCUT2D eigenvalue weighted by Gasteiger charge is -2.12. The number of hydrogen-bond acceptors (Lipinski definition) is 7. The molecule has 0 aliphatic carbocycles. The molecule has 0 saturated carbocycles. The van der Waals surface area contributed by atoms with Crippen LogP contribution in [0.25, 0.3) is 11.1 Å². The number of nitriles is 1. The van der Waals surface area contributed by atoms with Gasteiger partial charge in [-0.3, -0.25) is 4.79 Å². The van der Waals surface area contributed by atoms with Crippen LogP contribution in [0, 0.1) is 11.3 Å². The van der Waals surface area contributed by atoms with Gasteiger partial charge in [-0.1, -0.05) is 24.3 Å². The maximum absolute atomic E-state index is 11.9. The molecule has 2 aromatic rings. The molecule has 0 spiro atoms. The molecule has 0 saturated heterocycles. The van der Waals surface area contributed by atoms with Crippen molar-refractivity contribution in [3.05, 3.63) is 46.4 Å². The third-order valence-corrected chi connectivity index (χ3v) is 3.48. The van der Waals surface area contributed by atoms with Crippen LogP contribution in [0.2, 0.25) is 0 Å². The Morgan fingerprint density at radius 3 is 2.75 bits per heavy atom. The second kappa shape index (κ2) is 5.92. The number of hydrogen-bond donors (Lipinski definition) is 1. The molecular weight excluding hydrogens is 312 g/mol. The van der Waals surface area contributed by atoms with Crippen LogP contribution >= 0.6 is 0 Å². The molecule has 1 atom stereocenters. The minimum atomic E-state index is -1.22. The van der Waals surface area contributed by atoms with Crippen molar-refractivity contribution < 1.29 is 9.32 Å². The molecule has 1 N–H and O–H groups in total. The van der Waals surface area contributed by atoms with E-state index in [0.29, 0.717) is 16.7 Å². The Hall–Kier alpha value is -3.54. The molecule has 0 bridgehead atoms. The zero-order valence-electron chi connectivity index (χ0n) is 12.6. The molecule has 9 nitrogen and oxygen atoms in total. The fourth-order valence-corrected chi connectivity index (χ4v) is 2.22. The van der Waals surface area contributed by atoms with E-state index in [1.807, 2.05) is 0 Å². The number of carbonyl (C=O) groups is 1. The fraction of sp³-hybridized carbons (Fsp3) is 0.200. The first kappa shape index (κ1) is 15.4. The average molecular weight is 324 g/mol. The minimum absolute atomic E-state index is 0.0665. The molecule has 2 heterocycles. The number of nitrogens with zero attached hydrogens (tertiary/aromatic N) is 5. The molecule has 3 rings (SSSR count). The summed E-state index contributed by atoms with van der Waals surface area (Å²) in [5.41, 5.74) is -0.180. The topological polar surface area (TPSA) is 125 Å². The Kier molecular flexibility index (Phi) is 3.79. The lowest BCUT2D eigenvalue weighted by atomic mass is 9.92. The van der Waals surface area contributed by atoms with Crippen LogP contribution in [-0.2, 0) is 17.0 Å². The van der Waals surface area contributed by atoms with Gasteiger partial charge in [-0.25, -0.2) is 4.79 Å². The van der Waals surface area contributed by atoms with Crippen molar-refractivity contribution in [2.45, 2.75) is 19.1 Å². The summed E-state index contributed by atoms with van der Waals surface area (Å²) in [7, 11) is 0. The van der Waals surface area contributed by atoms with E-state index in [2.05, 4.69) is 26.8 Å². The molecular formula is C15H12N6O3. The van der Waals surface area contributed by atoms with Gasteiger partial charge in [0.25, 0.3) is 0 Å². The van der Waals surface area contributed by atoms with Gasteiger partial charge in [-0.05, 0) is 10.8 Å². The van der Waals surface area contributed by atoms with Crippen molar-refractivity contribution in [2.24, 2.45) is 15.4 Å². The van der Waals surface area contributed by atoms with Crippen LogP contribution < -0.4 is 10.9 Å². The van der Waals surface area contributed by atoms with Crippen LogP contribution in [0.5, 0.6) is 0 Å². The zero-order valence-corrected chi connectivity index (χ0v) is 12.6. The van der Waals surface area contributed by atoms with E-state index in [4.69, 9.17) is 4.52 Å². The molecule has 1 aliphatic heterocycles. The Morgan fingerprint density at radius 2 is 2.17 bits per heavy atom.